The Kier molecular flexibility index (Phi) is 4.79. The van der Waals surface area contributed by atoms with Crippen molar-refractivity contribution in [2.45, 2.75) is 37.7 Å². The lowest BCUT2D eigenvalue weighted by Gasteiger charge is -2.26. The Morgan fingerprint density at radius 1 is 1.05 bits per heavy atom. The van der Waals surface area contributed by atoms with E-state index in [9.17, 15) is 9.90 Å². The second-order valence-corrected chi connectivity index (χ2v) is 6.65. The van der Waals surface area contributed by atoms with Gasteiger partial charge in [0.1, 0.15) is 5.60 Å². The molecule has 1 aromatic carbocycles. The third-order valence-electron chi connectivity index (χ3n) is 4.97. The van der Waals surface area contributed by atoms with Crippen LogP contribution >= 0.6 is 0 Å². The number of benzene rings is 1. The normalized spacial score (nSPS) is 26.9. The summed E-state index contributed by atoms with van der Waals surface area (Å²) >= 11 is 0. The zero-order valence-electron chi connectivity index (χ0n) is 13.2. The minimum absolute atomic E-state index is 0.161. The van der Waals surface area contributed by atoms with Crippen LogP contribution in [-0.4, -0.2) is 53.5 Å². The van der Waals surface area contributed by atoms with E-state index in [1.165, 1.54) is 25.7 Å². The summed E-state index contributed by atoms with van der Waals surface area (Å²) in [5.41, 5.74) is 0.0375. The minimum atomic E-state index is -0.879. The summed E-state index contributed by atoms with van der Waals surface area (Å²) in [6.07, 6.45) is 5.58. The Morgan fingerprint density at radius 2 is 1.73 bits per heavy atom. The van der Waals surface area contributed by atoms with Crippen molar-refractivity contribution in [1.82, 2.24) is 9.80 Å². The average Bonchev–Trinajstić information content (AvgIpc) is 2.78. The van der Waals surface area contributed by atoms with Crippen molar-refractivity contribution >= 4 is 5.91 Å². The molecule has 4 heteroatoms. The maximum Gasteiger partial charge on any atom is 0.236 e. The van der Waals surface area contributed by atoms with E-state index in [1.807, 2.05) is 35.2 Å². The third-order valence-corrected chi connectivity index (χ3v) is 4.97. The number of hydrogen-bond acceptors (Lipinski definition) is 3. The van der Waals surface area contributed by atoms with Crippen LogP contribution in [0.1, 0.15) is 37.7 Å². The van der Waals surface area contributed by atoms with Crippen molar-refractivity contribution in [3.63, 3.8) is 0 Å². The number of carbonyl (C=O) groups excluding carboxylic acids is 1. The van der Waals surface area contributed by atoms with Gasteiger partial charge in [-0.2, -0.15) is 0 Å². The van der Waals surface area contributed by atoms with Gasteiger partial charge in [0.2, 0.25) is 5.91 Å². The molecule has 2 saturated heterocycles. The van der Waals surface area contributed by atoms with Crippen molar-refractivity contribution in [2.24, 2.45) is 0 Å². The lowest BCUT2D eigenvalue weighted by atomic mass is 9.93. The topological polar surface area (TPSA) is 43.8 Å². The van der Waals surface area contributed by atoms with Gasteiger partial charge in [0, 0.05) is 6.54 Å². The summed E-state index contributed by atoms with van der Waals surface area (Å²) < 4.78 is 0. The van der Waals surface area contributed by atoms with Crippen LogP contribution in [0.15, 0.2) is 30.3 Å². The molecule has 0 spiro atoms. The molecule has 3 rings (SSSR count). The van der Waals surface area contributed by atoms with Crippen molar-refractivity contribution in [3.8, 4) is 0 Å². The number of carbonyl (C=O) groups is 1. The van der Waals surface area contributed by atoms with Crippen LogP contribution in [0.4, 0.5) is 0 Å². The smallest absolute Gasteiger partial charge is 0.236 e. The number of amides is 1. The molecular weight excluding hydrogens is 276 g/mol. The molecule has 22 heavy (non-hydrogen) atoms. The van der Waals surface area contributed by atoms with E-state index in [1.54, 1.807) is 0 Å². The molecule has 1 N–H and O–H groups in total. The van der Waals surface area contributed by atoms with E-state index in [0.717, 1.165) is 18.7 Å². The summed E-state index contributed by atoms with van der Waals surface area (Å²) in [6, 6.07) is 9.72. The van der Waals surface area contributed by atoms with E-state index in [4.69, 9.17) is 0 Å². The molecule has 120 valence electrons. The van der Waals surface area contributed by atoms with Crippen LogP contribution in [0.3, 0.4) is 0 Å². The molecule has 2 fully saturated rings. The van der Waals surface area contributed by atoms with Crippen molar-refractivity contribution in [2.75, 3.05) is 32.7 Å². The lowest BCUT2D eigenvalue weighted by molar-refractivity contribution is -0.132. The van der Waals surface area contributed by atoms with E-state index in [0.29, 0.717) is 26.1 Å². The lowest BCUT2D eigenvalue weighted by Crippen LogP contribution is -2.41. The molecule has 1 atom stereocenters. The standard InChI is InChI=1S/C18H26N2O2/c21-17(14-19-11-6-1-2-7-12-19)20-13-10-18(22,15-20)16-8-4-3-5-9-16/h3-5,8-9,22H,1-2,6-7,10-15H2/t18-/m0/s1. The number of aliphatic hydroxyl groups is 1. The van der Waals surface area contributed by atoms with Crippen LogP contribution < -0.4 is 0 Å². The molecule has 0 radical (unpaired) electrons. The summed E-state index contributed by atoms with van der Waals surface area (Å²) in [5, 5.41) is 10.8. The molecule has 0 bridgehead atoms. The highest BCUT2D eigenvalue weighted by Crippen LogP contribution is 2.31. The van der Waals surface area contributed by atoms with E-state index in [2.05, 4.69) is 4.90 Å². The van der Waals surface area contributed by atoms with E-state index in [-0.39, 0.29) is 5.91 Å². The predicted octanol–water partition coefficient (Wildman–Crippen LogP) is 1.98. The fourth-order valence-corrected chi connectivity index (χ4v) is 3.58. The van der Waals surface area contributed by atoms with Gasteiger partial charge in [-0.05, 0) is 37.9 Å². The van der Waals surface area contributed by atoms with Gasteiger partial charge in [-0.15, -0.1) is 0 Å². The largest absolute Gasteiger partial charge is 0.383 e. The van der Waals surface area contributed by atoms with Crippen LogP contribution in [0, 0.1) is 0 Å². The van der Waals surface area contributed by atoms with Gasteiger partial charge in [0.05, 0.1) is 13.1 Å². The predicted molar refractivity (Wildman–Crippen MR) is 86.4 cm³/mol. The molecule has 2 heterocycles. The minimum Gasteiger partial charge on any atom is -0.383 e. The summed E-state index contributed by atoms with van der Waals surface area (Å²) in [6.45, 7) is 3.64. The average molecular weight is 302 g/mol. The van der Waals surface area contributed by atoms with Crippen LogP contribution in [0.5, 0.6) is 0 Å². The number of rotatable bonds is 3. The van der Waals surface area contributed by atoms with Gasteiger partial charge in [0.15, 0.2) is 0 Å². The summed E-state index contributed by atoms with van der Waals surface area (Å²) in [7, 11) is 0. The van der Waals surface area contributed by atoms with Crippen molar-refractivity contribution < 1.29 is 9.90 Å². The molecule has 2 aliphatic heterocycles. The van der Waals surface area contributed by atoms with Gasteiger partial charge in [-0.1, -0.05) is 43.2 Å². The van der Waals surface area contributed by atoms with Crippen LogP contribution in [-0.2, 0) is 10.4 Å². The summed E-state index contributed by atoms with van der Waals surface area (Å²) in [5.74, 6) is 0.161. The van der Waals surface area contributed by atoms with Gasteiger partial charge in [-0.25, -0.2) is 0 Å². The fourth-order valence-electron chi connectivity index (χ4n) is 3.58. The molecule has 0 aliphatic carbocycles. The Morgan fingerprint density at radius 3 is 2.41 bits per heavy atom. The maximum atomic E-state index is 12.5. The van der Waals surface area contributed by atoms with Gasteiger partial charge in [-0.3, -0.25) is 9.69 Å². The number of likely N-dealkylation sites (tertiary alicyclic amines) is 2. The second-order valence-electron chi connectivity index (χ2n) is 6.65. The number of nitrogens with zero attached hydrogens (tertiary/aromatic N) is 2. The molecule has 1 amide bonds. The molecule has 0 saturated carbocycles. The highest BCUT2D eigenvalue weighted by Gasteiger charge is 2.39. The SMILES string of the molecule is O=C(CN1CCCCCC1)N1CC[C@@](O)(c2ccccc2)C1. The highest BCUT2D eigenvalue weighted by atomic mass is 16.3. The summed E-state index contributed by atoms with van der Waals surface area (Å²) in [4.78, 5) is 16.6. The molecule has 1 aromatic rings. The second kappa shape index (κ2) is 6.80. The molecular formula is C18H26N2O2. The fraction of sp³-hybridized carbons (Fsp3) is 0.611. The van der Waals surface area contributed by atoms with Crippen LogP contribution in [0.25, 0.3) is 0 Å². The van der Waals surface area contributed by atoms with Gasteiger partial charge < -0.3 is 10.0 Å². The van der Waals surface area contributed by atoms with Gasteiger partial charge >= 0.3 is 0 Å². The highest BCUT2D eigenvalue weighted by molar-refractivity contribution is 5.78. The first kappa shape index (κ1) is 15.5. The first-order chi connectivity index (χ1) is 10.7. The number of hydrogen-bond donors (Lipinski definition) is 1. The molecule has 4 nitrogen and oxygen atoms in total. The van der Waals surface area contributed by atoms with Crippen LogP contribution in [0.2, 0.25) is 0 Å². The quantitative estimate of drug-likeness (QED) is 0.928. The van der Waals surface area contributed by atoms with Gasteiger partial charge in [0.25, 0.3) is 0 Å². The molecule has 0 aromatic heterocycles. The Bertz CT molecular complexity index is 497. The van der Waals surface area contributed by atoms with E-state index < -0.39 is 5.60 Å². The van der Waals surface area contributed by atoms with Crippen molar-refractivity contribution in [3.05, 3.63) is 35.9 Å². The Labute approximate surface area is 132 Å². The molecule has 2 aliphatic rings. The number of β-amino-alcohol motifs (C(OH)–C–C–N with tert-alkyl or cyclic N) is 1. The van der Waals surface area contributed by atoms with E-state index >= 15 is 0 Å². The maximum absolute atomic E-state index is 12.5. The Hall–Kier alpha value is -1.39. The monoisotopic (exact) mass is 302 g/mol. The zero-order chi connectivity index (χ0) is 15.4. The first-order valence-electron chi connectivity index (χ1n) is 8.45. The first-order valence-corrected chi connectivity index (χ1v) is 8.45. The van der Waals surface area contributed by atoms with Crippen molar-refractivity contribution in [1.29, 1.82) is 0 Å². The third kappa shape index (κ3) is 3.50. The Balaban J connectivity index is 1.58. The molecule has 0 unspecified atom stereocenters. The zero-order valence-corrected chi connectivity index (χ0v) is 13.2.